The molecule has 1 fully saturated rings. The van der Waals surface area contributed by atoms with E-state index in [1.807, 2.05) is 26.0 Å². The summed E-state index contributed by atoms with van der Waals surface area (Å²) >= 11 is 6.20. The lowest BCUT2D eigenvalue weighted by Gasteiger charge is -2.27. The number of hydrogen-bond donors (Lipinski definition) is 1. The fraction of sp³-hybridized carbons (Fsp3) is 0.458. The number of ether oxygens (including phenoxy) is 1. The van der Waals surface area contributed by atoms with E-state index in [2.05, 4.69) is 0 Å². The van der Waals surface area contributed by atoms with Gasteiger partial charge in [0, 0.05) is 24.5 Å². The van der Waals surface area contributed by atoms with Gasteiger partial charge in [-0.15, -0.1) is 0 Å². The van der Waals surface area contributed by atoms with E-state index in [9.17, 15) is 14.3 Å². The first-order valence-corrected chi connectivity index (χ1v) is 10.8. The number of rotatable bonds is 6. The highest BCUT2D eigenvalue weighted by Gasteiger charge is 2.32. The summed E-state index contributed by atoms with van der Waals surface area (Å²) in [6.07, 6.45) is 2.35. The Kier molecular flexibility index (Phi) is 7.37. The van der Waals surface area contributed by atoms with Gasteiger partial charge >= 0.3 is 0 Å². The van der Waals surface area contributed by atoms with Crippen LogP contribution in [0, 0.1) is 19.7 Å². The molecule has 1 N–H and O–H groups in total. The Morgan fingerprint density at radius 1 is 1.20 bits per heavy atom. The predicted molar refractivity (Wildman–Crippen MR) is 117 cm³/mol. The molecular weight excluding hydrogens is 405 g/mol. The molecule has 1 unspecified atom stereocenters. The zero-order valence-electron chi connectivity index (χ0n) is 17.6. The standard InChI is InChI=1S/C24H29ClFNO3/c1-17-14-20(15-18(2)23(17)25)30-16-24(29)10-5-12-27(13-11-24)22(28)9-8-19-6-3-4-7-21(19)26/h3-4,6-7,14-15,29H,5,8-13,16H2,1-2H3. The lowest BCUT2D eigenvalue weighted by Crippen LogP contribution is -2.38. The van der Waals surface area contributed by atoms with Gasteiger partial charge in [0.15, 0.2) is 0 Å². The van der Waals surface area contributed by atoms with Crippen LogP contribution >= 0.6 is 11.6 Å². The average Bonchev–Trinajstić information content (AvgIpc) is 2.92. The third-order valence-corrected chi connectivity index (χ3v) is 6.35. The molecule has 0 spiro atoms. The first-order chi connectivity index (χ1) is 14.3. The lowest BCUT2D eigenvalue weighted by molar-refractivity contribution is -0.131. The molecule has 0 aliphatic carbocycles. The summed E-state index contributed by atoms with van der Waals surface area (Å²) in [4.78, 5) is 14.4. The predicted octanol–water partition coefficient (Wildman–Crippen LogP) is 4.85. The summed E-state index contributed by atoms with van der Waals surface area (Å²) in [6, 6.07) is 10.3. The summed E-state index contributed by atoms with van der Waals surface area (Å²) in [5.74, 6) is 0.401. The van der Waals surface area contributed by atoms with Gasteiger partial charge in [-0.3, -0.25) is 4.79 Å². The molecule has 1 heterocycles. The fourth-order valence-corrected chi connectivity index (χ4v) is 3.99. The number of benzene rings is 2. The van der Waals surface area contributed by atoms with Gasteiger partial charge in [0.1, 0.15) is 23.8 Å². The van der Waals surface area contributed by atoms with Crippen molar-refractivity contribution in [3.63, 3.8) is 0 Å². The van der Waals surface area contributed by atoms with Crippen LogP contribution in [0.15, 0.2) is 36.4 Å². The minimum Gasteiger partial charge on any atom is -0.491 e. The van der Waals surface area contributed by atoms with Gasteiger partial charge in [-0.25, -0.2) is 4.39 Å². The normalized spacial score (nSPS) is 19.4. The van der Waals surface area contributed by atoms with Crippen molar-refractivity contribution in [2.75, 3.05) is 19.7 Å². The van der Waals surface area contributed by atoms with Crippen LogP contribution in [0.25, 0.3) is 0 Å². The first-order valence-electron chi connectivity index (χ1n) is 10.4. The average molecular weight is 434 g/mol. The second-order valence-electron chi connectivity index (χ2n) is 8.21. The molecule has 1 amide bonds. The highest BCUT2D eigenvalue weighted by Crippen LogP contribution is 2.28. The van der Waals surface area contributed by atoms with Crippen molar-refractivity contribution >= 4 is 17.5 Å². The van der Waals surface area contributed by atoms with Crippen molar-refractivity contribution in [3.8, 4) is 5.75 Å². The van der Waals surface area contributed by atoms with E-state index in [0.29, 0.717) is 50.1 Å². The molecule has 1 saturated heterocycles. The maximum atomic E-state index is 13.8. The second kappa shape index (κ2) is 9.80. The van der Waals surface area contributed by atoms with Crippen molar-refractivity contribution in [2.45, 2.75) is 51.6 Å². The van der Waals surface area contributed by atoms with Gasteiger partial charge in [0.25, 0.3) is 0 Å². The van der Waals surface area contributed by atoms with Gasteiger partial charge in [-0.2, -0.15) is 0 Å². The molecule has 3 rings (SSSR count). The summed E-state index contributed by atoms with van der Waals surface area (Å²) < 4.78 is 19.6. The molecule has 0 radical (unpaired) electrons. The van der Waals surface area contributed by atoms with Crippen LogP contribution in [-0.2, 0) is 11.2 Å². The number of nitrogens with zero attached hydrogens (tertiary/aromatic N) is 1. The van der Waals surface area contributed by atoms with Crippen molar-refractivity contribution in [1.82, 2.24) is 4.90 Å². The van der Waals surface area contributed by atoms with Crippen LogP contribution in [0.1, 0.15) is 42.4 Å². The van der Waals surface area contributed by atoms with E-state index in [1.165, 1.54) is 6.07 Å². The van der Waals surface area contributed by atoms with E-state index < -0.39 is 5.60 Å². The largest absolute Gasteiger partial charge is 0.491 e. The Labute approximate surface area is 182 Å². The number of carbonyl (C=O) groups excluding carboxylic acids is 1. The molecule has 2 aromatic carbocycles. The molecule has 0 saturated carbocycles. The maximum absolute atomic E-state index is 13.8. The quantitative estimate of drug-likeness (QED) is 0.708. The number of hydrogen-bond acceptors (Lipinski definition) is 3. The number of aliphatic hydroxyl groups is 1. The van der Waals surface area contributed by atoms with E-state index in [1.54, 1.807) is 23.1 Å². The van der Waals surface area contributed by atoms with Crippen molar-refractivity contribution in [2.24, 2.45) is 0 Å². The molecule has 4 nitrogen and oxygen atoms in total. The molecule has 6 heteroatoms. The smallest absolute Gasteiger partial charge is 0.222 e. The highest BCUT2D eigenvalue weighted by atomic mass is 35.5. The summed E-state index contributed by atoms with van der Waals surface area (Å²) in [6.45, 7) is 5.08. The molecular formula is C24H29ClFNO3. The third-order valence-electron chi connectivity index (χ3n) is 5.75. The minimum atomic E-state index is -0.984. The van der Waals surface area contributed by atoms with E-state index in [0.717, 1.165) is 16.1 Å². The lowest BCUT2D eigenvalue weighted by atomic mass is 9.96. The molecule has 1 aliphatic heterocycles. The number of likely N-dealkylation sites (tertiary alicyclic amines) is 1. The summed E-state index contributed by atoms with van der Waals surface area (Å²) in [5.41, 5.74) is 1.44. The number of halogens is 2. The van der Waals surface area contributed by atoms with Crippen LogP contribution < -0.4 is 4.74 Å². The Balaban J connectivity index is 1.53. The zero-order valence-corrected chi connectivity index (χ0v) is 18.3. The van der Waals surface area contributed by atoms with Gasteiger partial charge in [-0.05, 0) is 74.4 Å². The van der Waals surface area contributed by atoms with Gasteiger partial charge in [0.2, 0.25) is 5.91 Å². The molecule has 0 bridgehead atoms. The third kappa shape index (κ3) is 5.73. The van der Waals surface area contributed by atoms with Crippen molar-refractivity contribution < 1.29 is 19.0 Å². The topological polar surface area (TPSA) is 49.8 Å². The van der Waals surface area contributed by atoms with Gasteiger partial charge < -0.3 is 14.7 Å². The fourth-order valence-electron chi connectivity index (χ4n) is 3.88. The van der Waals surface area contributed by atoms with Crippen LogP contribution in [0.2, 0.25) is 5.02 Å². The highest BCUT2D eigenvalue weighted by molar-refractivity contribution is 6.32. The Morgan fingerprint density at radius 2 is 1.90 bits per heavy atom. The van der Waals surface area contributed by atoms with E-state index in [-0.39, 0.29) is 24.8 Å². The summed E-state index contributed by atoms with van der Waals surface area (Å²) in [5, 5.41) is 11.7. The number of aryl methyl sites for hydroxylation is 3. The molecule has 1 aliphatic rings. The minimum absolute atomic E-state index is 0.00706. The van der Waals surface area contributed by atoms with Crippen molar-refractivity contribution in [1.29, 1.82) is 0 Å². The van der Waals surface area contributed by atoms with Crippen LogP contribution in [0.3, 0.4) is 0 Å². The van der Waals surface area contributed by atoms with Crippen LogP contribution in [0.5, 0.6) is 5.75 Å². The van der Waals surface area contributed by atoms with Gasteiger partial charge in [-0.1, -0.05) is 29.8 Å². The van der Waals surface area contributed by atoms with Crippen molar-refractivity contribution in [3.05, 3.63) is 63.9 Å². The summed E-state index contributed by atoms with van der Waals surface area (Å²) in [7, 11) is 0. The number of carbonyl (C=O) groups is 1. The molecule has 30 heavy (non-hydrogen) atoms. The second-order valence-corrected chi connectivity index (χ2v) is 8.59. The molecule has 2 aromatic rings. The maximum Gasteiger partial charge on any atom is 0.222 e. The first kappa shape index (κ1) is 22.6. The molecule has 0 aromatic heterocycles. The monoisotopic (exact) mass is 433 g/mol. The number of amides is 1. The van der Waals surface area contributed by atoms with Crippen LogP contribution in [0.4, 0.5) is 4.39 Å². The van der Waals surface area contributed by atoms with E-state index >= 15 is 0 Å². The molecule has 1 atom stereocenters. The zero-order chi connectivity index (χ0) is 21.7. The Hall–Kier alpha value is -2.11. The Morgan fingerprint density at radius 3 is 2.60 bits per heavy atom. The SMILES string of the molecule is Cc1cc(OCC2(O)CCCN(C(=O)CCc3ccccc3F)CC2)cc(C)c1Cl. The molecule has 162 valence electrons. The van der Waals surface area contributed by atoms with Gasteiger partial charge in [0.05, 0.1) is 0 Å². The van der Waals surface area contributed by atoms with Crippen LogP contribution in [-0.4, -0.2) is 41.2 Å². The van der Waals surface area contributed by atoms with E-state index in [4.69, 9.17) is 16.3 Å². The Bertz CT molecular complexity index is 881.